The molecule has 29 heavy (non-hydrogen) atoms. The van der Waals surface area contributed by atoms with Crippen LogP contribution in [0.1, 0.15) is 37.7 Å². The van der Waals surface area contributed by atoms with Gasteiger partial charge in [-0.2, -0.15) is 0 Å². The second-order valence-electron chi connectivity index (χ2n) is 6.71. The molecule has 0 aliphatic heterocycles. The number of anilines is 1. The molecule has 2 aromatic carbocycles. The van der Waals surface area contributed by atoms with Gasteiger partial charge in [-0.15, -0.1) is 23.7 Å². The van der Waals surface area contributed by atoms with Crippen LogP contribution in [0.15, 0.2) is 41.9 Å². The fraction of sp³-hybridized carbons (Fsp3) is 0.304. The van der Waals surface area contributed by atoms with Gasteiger partial charge in [0.25, 0.3) is 0 Å². The molecule has 0 aliphatic carbocycles. The highest BCUT2D eigenvalue weighted by molar-refractivity contribution is 7.16. The standard InChI is InChI=1S/C23H23FN2O2S/c1-2-3-4-5-6-7-13-28-20-10-8-9-17(23(20)24)14-22(27)26-18-11-12-19-21(15-18)29-16-25-19/h1,8-12,15-16H,3-7,13-14H2,(H,26,27). The topological polar surface area (TPSA) is 51.2 Å². The molecule has 0 radical (unpaired) electrons. The molecular formula is C23H23FN2O2S. The third kappa shape index (κ3) is 6.03. The Hall–Kier alpha value is -2.91. The number of rotatable bonds is 10. The first-order valence-corrected chi connectivity index (χ1v) is 10.5. The van der Waals surface area contributed by atoms with E-state index in [2.05, 4.69) is 16.2 Å². The van der Waals surface area contributed by atoms with Gasteiger partial charge in [-0.1, -0.05) is 25.0 Å². The van der Waals surface area contributed by atoms with E-state index in [1.54, 1.807) is 29.8 Å². The molecule has 0 bridgehead atoms. The second kappa shape index (κ2) is 10.6. The van der Waals surface area contributed by atoms with Crippen molar-refractivity contribution < 1.29 is 13.9 Å². The summed E-state index contributed by atoms with van der Waals surface area (Å²) in [6.45, 7) is 0.442. The van der Waals surface area contributed by atoms with Crippen LogP contribution in [0.4, 0.5) is 10.1 Å². The maximum atomic E-state index is 14.7. The zero-order valence-corrected chi connectivity index (χ0v) is 16.9. The van der Waals surface area contributed by atoms with E-state index in [-0.39, 0.29) is 18.1 Å². The monoisotopic (exact) mass is 410 g/mol. The molecule has 0 unspecified atom stereocenters. The number of nitrogens with zero attached hydrogens (tertiary/aromatic N) is 1. The van der Waals surface area contributed by atoms with E-state index in [1.165, 1.54) is 11.3 Å². The van der Waals surface area contributed by atoms with Crippen LogP contribution in [0.5, 0.6) is 5.75 Å². The number of hydrogen-bond donors (Lipinski definition) is 1. The Morgan fingerprint density at radius 2 is 2.07 bits per heavy atom. The molecule has 0 atom stereocenters. The van der Waals surface area contributed by atoms with Gasteiger partial charge in [0.1, 0.15) is 0 Å². The fourth-order valence-corrected chi connectivity index (χ4v) is 3.70. The molecule has 0 saturated heterocycles. The van der Waals surface area contributed by atoms with Crippen LogP contribution in [0.2, 0.25) is 0 Å². The number of halogens is 1. The number of nitrogens with one attached hydrogen (secondary N) is 1. The molecule has 1 N–H and O–H groups in total. The number of carbonyl (C=O) groups excluding carboxylic acids is 1. The Morgan fingerprint density at radius 3 is 2.93 bits per heavy atom. The highest BCUT2D eigenvalue weighted by Crippen LogP contribution is 2.24. The molecule has 0 saturated carbocycles. The summed E-state index contributed by atoms with van der Waals surface area (Å²) >= 11 is 1.50. The van der Waals surface area contributed by atoms with E-state index in [0.717, 1.165) is 42.3 Å². The molecule has 3 rings (SSSR count). The smallest absolute Gasteiger partial charge is 0.228 e. The fourth-order valence-electron chi connectivity index (χ4n) is 2.98. The summed E-state index contributed by atoms with van der Waals surface area (Å²) in [5.74, 6) is 2.05. The minimum atomic E-state index is -0.479. The van der Waals surface area contributed by atoms with Crippen LogP contribution in [-0.4, -0.2) is 17.5 Å². The maximum absolute atomic E-state index is 14.7. The van der Waals surface area contributed by atoms with Crippen molar-refractivity contribution in [2.45, 2.75) is 38.5 Å². The lowest BCUT2D eigenvalue weighted by Crippen LogP contribution is -2.15. The lowest BCUT2D eigenvalue weighted by molar-refractivity contribution is -0.115. The Labute approximate surface area is 174 Å². The summed E-state index contributed by atoms with van der Waals surface area (Å²) < 4.78 is 21.2. The average Bonchev–Trinajstić information content (AvgIpc) is 3.17. The third-order valence-electron chi connectivity index (χ3n) is 4.48. The maximum Gasteiger partial charge on any atom is 0.228 e. The van der Waals surface area contributed by atoms with Crippen LogP contribution >= 0.6 is 11.3 Å². The lowest BCUT2D eigenvalue weighted by Gasteiger charge is -2.11. The van der Waals surface area contributed by atoms with Crippen LogP contribution in [0, 0.1) is 18.2 Å². The molecule has 1 heterocycles. The van der Waals surface area contributed by atoms with Crippen molar-refractivity contribution in [1.29, 1.82) is 0 Å². The highest BCUT2D eigenvalue weighted by atomic mass is 32.1. The summed E-state index contributed by atoms with van der Waals surface area (Å²) in [6, 6.07) is 10.4. The lowest BCUT2D eigenvalue weighted by atomic mass is 10.1. The van der Waals surface area contributed by atoms with Crippen molar-refractivity contribution >= 4 is 33.1 Å². The number of unbranched alkanes of at least 4 members (excludes halogenated alkanes) is 4. The van der Waals surface area contributed by atoms with Crippen LogP contribution in [0.25, 0.3) is 10.2 Å². The Morgan fingerprint density at radius 1 is 1.21 bits per heavy atom. The van der Waals surface area contributed by atoms with Crippen LogP contribution in [0.3, 0.4) is 0 Å². The van der Waals surface area contributed by atoms with Crippen molar-refractivity contribution in [2.75, 3.05) is 11.9 Å². The number of ether oxygens (including phenoxy) is 1. The van der Waals surface area contributed by atoms with E-state index in [0.29, 0.717) is 17.9 Å². The van der Waals surface area contributed by atoms with E-state index in [1.807, 2.05) is 12.1 Å². The van der Waals surface area contributed by atoms with Gasteiger partial charge in [-0.3, -0.25) is 4.79 Å². The largest absolute Gasteiger partial charge is 0.491 e. The minimum Gasteiger partial charge on any atom is -0.491 e. The summed E-state index contributed by atoms with van der Waals surface area (Å²) in [4.78, 5) is 16.6. The normalized spacial score (nSPS) is 10.6. The van der Waals surface area contributed by atoms with Crippen molar-refractivity contribution in [3.63, 3.8) is 0 Å². The van der Waals surface area contributed by atoms with E-state index in [9.17, 15) is 9.18 Å². The summed E-state index contributed by atoms with van der Waals surface area (Å²) in [7, 11) is 0. The summed E-state index contributed by atoms with van der Waals surface area (Å²) in [5, 5.41) is 2.81. The van der Waals surface area contributed by atoms with Gasteiger partial charge >= 0.3 is 0 Å². The number of thiazole rings is 1. The van der Waals surface area contributed by atoms with E-state index in [4.69, 9.17) is 11.2 Å². The van der Waals surface area contributed by atoms with Crippen LogP contribution in [-0.2, 0) is 11.2 Å². The number of terminal acetylenes is 1. The SMILES string of the molecule is C#CCCCCCCOc1cccc(CC(=O)Nc2ccc3ncsc3c2)c1F. The molecular weight excluding hydrogens is 387 g/mol. The van der Waals surface area contributed by atoms with Crippen molar-refractivity contribution in [2.24, 2.45) is 0 Å². The van der Waals surface area contributed by atoms with Crippen molar-refractivity contribution in [1.82, 2.24) is 4.98 Å². The molecule has 1 aromatic heterocycles. The molecule has 6 heteroatoms. The number of hydrogen-bond acceptors (Lipinski definition) is 4. The highest BCUT2D eigenvalue weighted by Gasteiger charge is 2.13. The van der Waals surface area contributed by atoms with Gasteiger partial charge in [-0.05, 0) is 37.1 Å². The van der Waals surface area contributed by atoms with Gasteiger partial charge < -0.3 is 10.1 Å². The van der Waals surface area contributed by atoms with E-state index >= 15 is 0 Å². The molecule has 4 nitrogen and oxygen atoms in total. The number of benzene rings is 2. The number of carbonyl (C=O) groups is 1. The zero-order valence-electron chi connectivity index (χ0n) is 16.1. The molecule has 0 aliphatic rings. The molecule has 0 fully saturated rings. The predicted octanol–water partition coefficient (Wildman–Crippen LogP) is 5.58. The van der Waals surface area contributed by atoms with Gasteiger partial charge in [-0.25, -0.2) is 9.37 Å². The number of amides is 1. The Bertz CT molecular complexity index is 1010. The molecule has 150 valence electrons. The van der Waals surface area contributed by atoms with Crippen LogP contribution < -0.4 is 10.1 Å². The molecule has 0 spiro atoms. The van der Waals surface area contributed by atoms with Gasteiger partial charge in [0, 0.05) is 17.7 Å². The first-order valence-electron chi connectivity index (χ1n) is 9.64. The summed E-state index contributed by atoms with van der Waals surface area (Å²) in [6.07, 6.45) is 9.84. The first kappa shape index (κ1) is 20.8. The predicted molar refractivity (Wildman–Crippen MR) is 116 cm³/mol. The zero-order chi connectivity index (χ0) is 20.5. The number of aromatic nitrogens is 1. The van der Waals surface area contributed by atoms with Crippen molar-refractivity contribution in [3.8, 4) is 18.1 Å². The van der Waals surface area contributed by atoms with Gasteiger partial charge in [0.15, 0.2) is 11.6 Å². The minimum absolute atomic E-state index is 0.0597. The molecule has 3 aromatic rings. The second-order valence-corrected chi connectivity index (χ2v) is 7.59. The number of fused-ring (bicyclic) bond motifs is 1. The van der Waals surface area contributed by atoms with Crippen molar-refractivity contribution in [3.05, 3.63) is 53.3 Å². The summed E-state index contributed by atoms with van der Waals surface area (Å²) in [5.41, 5.74) is 3.63. The average molecular weight is 411 g/mol. The van der Waals surface area contributed by atoms with Gasteiger partial charge in [0.2, 0.25) is 5.91 Å². The van der Waals surface area contributed by atoms with E-state index < -0.39 is 5.82 Å². The third-order valence-corrected chi connectivity index (χ3v) is 5.27. The first-order chi connectivity index (χ1) is 14.2. The van der Waals surface area contributed by atoms with Gasteiger partial charge in [0.05, 0.1) is 28.8 Å². The quantitative estimate of drug-likeness (QED) is 0.351. The Kier molecular flexibility index (Phi) is 7.60. The Balaban J connectivity index is 1.51. The molecule has 1 amide bonds.